The molecule has 0 unspecified atom stereocenters. The number of hydrogen-bond acceptors (Lipinski definition) is 2. The van der Waals surface area contributed by atoms with E-state index in [1.165, 1.54) is 0 Å². The van der Waals surface area contributed by atoms with Crippen molar-refractivity contribution in [2.75, 3.05) is 26.7 Å². The second-order valence-electron chi connectivity index (χ2n) is 6.07. The van der Waals surface area contributed by atoms with Crippen LogP contribution in [0.5, 0.6) is 0 Å². The molecule has 0 aromatic carbocycles. The van der Waals surface area contributed by atoms with Gasteiger partial charge in [-0.05, 0) is 5.41 Å². The lowest BCUT2D eigenvalue weighted by atomic mass is 9.95. The topological polar surface area (TPSA) is 60.9 Å². The van der Waals surface area contributed by atoms with E-state index in [-0.39, 0.29) is 23.8 Å². The molecule has 1 aliphatic rings. The molecule has 1 fully saturated rings. The lowest BCUT2D eigenvalue weighted by molar-refractivity contribution is -0.139. The third kappa shape index (κ3) is 4.24. The zero-order valence-electron chi connectivity index (χ0n) is 11.1. The van der Waals surface area contributed by atoms with Crippen LogP contribution in [0, 0.1) is 11.3 Å². The summed E-state index contributed by atoms with van der Waals surface area (Å²) in [6.45, 7) is 8.09. The van der Waals surface area contributed by atoms with Crippen LogP contribution >= 0.6 is 0 Å². The Hall–Kier alpha value is -1.26. The van der Waals surface area contributed by atoms with Gasteiger partial charge in [-0.15, -0.1) is 0 Å². The summed E-state index contributed by atoms with van der Waals surface area (Å²) in [5.41, 5.74) is 0.0791. The zero-order chi connectivity index (χ0) is 13.2. The summed E-state index contributed by atoms with van der Waals surface area (Å²) in [6.07, 6.45) is 0.159. The highest BCUT2D eigenvalue weighted by atomic mass is 16.4. The van der Waals surface area contributed by atoms with Gasteiger partial charge in [-0.25, -0.2) is 4.79 Å². The molecule has 1 aliphatic heterocycles. The Morgan fingerprint density at radius 2 is 1.88 bits per heavy atom. The van der Waals surface area contributed by atoms with Crippen molar-refractivity contribution in [3.05, 3.63) is 0 Å². The smallest absolute Gasteiger partial charge is 0.319 e. The van der Waals surface area contributed by atoms with Gasteiger partial charge in [0.05, 0.1) is 6.42 Å². The Balaban J connectivity index is 2.34. The molecule has 0 aromatic rings. The molecule has 5 heteroatoms. The fourth-order valence-corrected chi connectivity index (χ4v) is 2.12. The number of hydrogen-bond donors (Lipinski definition) is 1. The van der Waals surface area contributed by atoms with Crippen LogP contribution in [0.4, 0.5) is 4.79 Å². The first-order valence-electron chi connectivity index (χ1n) is 5.91. The van der Waals surface area contributed by atoms with Crippen molar-refractivity contribution in [1.82, 2.24) is 9.80 Å². The summed E-state index contributed by atoms with van der Waals surface area (Å²) < 4.78 is 0. The van der Waals surface area contributed by atoms with Crippen molar-refractivity contribution in [3.63, 3.8) is 0 Å². The van der Waals surface area contributed by atoms with Crippen molar-refractivity contribution in [1.29, 1.82) is 0 Å². The third-order valence-corrected chi connectivity index (χ3v) is 2.73. The highest BCUT2D eigenvalue weighted by Crippen LogP contribution is 2.22. The van der Waals surface area contributed by atoms with Crippen LogP contribution in [0.15, 0.2) is 0 Å². The molecule has 0 atom stereocenters. The minimum absolute atomic E-state index is 0.00145. The fraction of sp³-hybridized carbons (Fsp3) is 0.833. The minimum Gasteiger partial charge on any atom is -0.481 e. The molecule has 5 nitrogen and oxygen atoms in total. The second kappa shape index (κ2) is 4.94. The predicted molar refractivity (Wildman–Crippen MR) is 64.8 cm³/mol. The molecule has 0 spiro atoms. The number of rotatable bonds is 3. The summed E-state index contributed by atoms with van der Waals surface area (Å²) in [4.78, 5) is 25.8. The standard InChI is InChI=1S/C12H22N2O3/c1-12(2,3)8-13(4)11(17)14-6-9(7-14)5-10(15)16/h9H,5-8H2,1-4H3,(H,15,16). The van der Waals surface area contributed by atoms with Crippen molar-refractivity contribution in [2.45, 2.75) is 27.2 Å². The maximum absolute atomic E-state index is 11.9. The quantitative estimate of drug-likeness (QED) is 0.815. The number of amides is 2. The first-order chi connectivity index (χ1) is 7.69. The van der Waals surface area contributed by atoms with E-state index in [4.69, 9.17) is 5.11 Å². The highest BCUT2D eigenvalue weighted by molar-refractivity contribution is 5.75. The Morgan fingerprint density at radius 1 is 1.35 bits per heavy atom. The lowest BCUT2D eigenvalue weighted by Gasteiger charge is -2.41. The molecule has 98 valence electrons. The van der Waals surface area contributed by atoms with Gasteiger partial charge in [-0.2, -0.15) is 0 Å². The predicted octanol–water partition coefficient (Wildman–Crippen LogP) is 1.49. The second-order valence-corrected chi connectivity index (χ2v) is 6.07. The molecular weight excluding hydrogens is 220 g/mol. The van der Waals surface area contributed by atoms with Crippen LogP contribution in [0.2, 0.25) is 0 Å². The minimum atomic E-state index is -0.787. The summed E-state index contributed by atoms with van der Waals surface area (Å²) in [5, 5.41) is 8.62. The highest BCUT2D eigenvalue weighted by Gasteiger charge is 2.34. The number of likely N-dealkylation sites (tertiary alicyclic amines) is 1. The van der Waals surface area contributed by atoms with E-state index >= 15 is 0 Å². The van der Waals surface area contributed by atoms with Crippen molar-refractivity contribution in [2.24, 2.45) is 11.3 Å². The number of aliphatic carboxylic acids is 1. The largest absolute Gasteiger partial charge is 0.481 e. The Morgan fingerprint density at radius 3 is 2.29 bits per heavy atom. The van der Waals surface area contributed by atoms with Crippen molar-refractivity contribution < 1.29 is 14.7 Å². The van der Waals surface area contributed by atoms with Gasteiger partial charge in [0.25, 0.3) is 0 Å². The maximum atomic E-state index is 11.9. The average molecular weight is 242 g/mol. The number of carbonyl (C=O) groups excluding carboxylic acids is 1. The number of carbonyl (C=O) groups is 2. The normalized spacial score (nSPS) is 16.6. The number of carboxylic acid groups (broad SMARTS) is 1. The number of carboxylic acids is 1. The van der Waals surface area contributed by atoms with Crippen LogP contribution in [-0.2, 0) is 4.79 Å². The lowest BCUT2D eigenvalue weighted by Crippen LogP contribution is -2.55. The van der Waals surface area contributed by atoms with Crippen molar-refractivity contribution >= 4 is 12.0 Å². The Kier molecular flexibility index (Phi) is 4.01. The summed E-state index contributed by atoms with van der Waals surface area (Å²) in [5.74, 6) is -0.662. The summed E-state index contributed by atoms with van der Waals surface area (Å²) >= 11 is 0. The van der Waals surface area contributed by atoms with Crippen LogP contribution < -0.4 is 0 Å². The molecule has 2 amide bonds. The van der Waals surface area contributed by atoms with Gasteiger partial charge in [0.2, 0.25) is 0 Å². The maximum Gasteiger partial charge on any atom is 0.319 e. The molecule has 0 bridgehead atoms. The SMILES string of the molecule is CN(CC(C)(C)C)C(=O)N1CC(CC(=O)O)C1. The van der Waals surface area contributed by atoms with Gasteiger partial charge in [0, 0.05) is 32.6 Å². The Labute approximate surface area is 102 Å². The molecule has 0 saturated carbocycles. The van der Waals surface area contributed by atoms with E-state index in [0.717, 1.165) is 0 Å². The fourth-order valence-electron chi connectivity index (χ4n) is 2.12. The van der Waals surface area contributed by atoms with Crippen LogP contribution in [-0.4, -0.2) is 53.6 Å². The average Bonchev–Trinajstić information content (AvgIpc) is 2.06. The van der Waals surface area contributed by atoms with Gasteiger partial charge < -0.3 is 14.9 Å². The molecule has 0 radical (unpaired) electrons. The van der Waals surface area contributed by atoms with E-state index in [9.17, 15) is 9.59 Å². The third-order valence-electron chi connectivity index (χ3n) is 2.73. The Bertz CT molecular complexity index is 303. The van der Waals surface area contributed by atoms with Gasteiger partial charge in [-0.1, -0.05) is 20.8 Å². The van der Waals surface area contributed by atoms with Gasteiger partial charge in [0.15, 0.2) is 0 Å². The molecular formula is C12H22N2O3. The van der Waals surface area contributed by atoms with E-state index in [0.29, 0.717) is 19.6 Å². The molecule has 0 aliphatic carbocycles. The molecule has 0 aromatic heterocycles. The zero-order valence-corrected chi connectivity index (χ0v) is 11.1. The summed E-state index contributed by atoms with van der Waals surface area (Å²) in [6, 6.07) is 0.00145. The van der Waals surface area contributed by atoms with Gasteiger partial charge in [0.1, 0.15) is 0 Å². The van der Waals surface area contributed by atoms with Gasteiger partial charge >= 0.3 is 12.0 Å². The van der Waals surface area contributed by atoms with Crippen molar-refractivity contribution in [3.8, 4) is 0 Å². The first kappa shape index (κ1) is 13.8. The van der Waals surface area contributed by atoms with E-state index in [2.05, 4.69) is 20.8 Å². The van der Waals surface area contributed by atoms with E-state index in [1.807, 2.05) is 0 Å². The number of urea groups is 1. The molecule has 1 saturated heterocycles. The van der Waals surface area contributed by atoms with Crippen LogP contribution in [0.3, 0.4) is 0 Å². The monoisotopic (exact) mass is 242 g/mol. The van der Waals surface area contributed by atoms with Crippen LogP contribution in [0.25, 0.3) is 0 Å². The molecule has 1 N–H and O–H groups in total. The summed E-state index contributed by atoms with van der Waals surface area (Å²) in [7, 11) is 1.79. The first-order valence-corrected chi connectivity index (χ1v) is 5.91. The van der Waals surface area contributed by atoms with Crippen LogP contribution in [0.1, 0.15) is 27.2 Å². The molecule has 1 rings (SSSR count). The van der Waals surface area contributed by atoms with E-state index in [1.54, 1.807) is 16.8 Å². The molecule has 17 heavy (non-hydrogen) atoms. The van der Waals surface area contributed by atoms with Gasteiger partial charge in [-0.3, -0.25) is 4.79 Å². The van der Waals surface area contributed by atoms with E-state index < -0.39 is 5.97 Å². The molecule has 1 heterocycles. The number of nitrogens with zero attached hydrogens (tertiary/aromatic N) is 2.